The molecule has 1 saturated carbocycles. The largest absolute Gasteiger partial charge is 0.353 e. The van der Waals surface area contributed by atoms with Crippen molar-refractivity contribution in [2.75, 3.05) is 18.4 Å². The Morgan fingerprint density at radius 3 is 2.59 bits per heavy atom. The van der Waals surface area contributed by atoms with Crippen molar-refractivity contribution >= 4 is 34.2 Å². The van der Waals surface area contributed by atoms with Crippen molar-refractivity contribution in [2.45, 2.75) is 57.4 Å². The first-order valence-corrected chi connectivity index (χ1v) is 12.4. The highest BCUT2D eigenvalue weighted by Gasteiger charge is 2.30. The van der Waals surface area contributed by atoms with Crippen molar-refractivity contribution < 1.29 is 14.4 Å². The van der Waals surface area contributed by atoms with E-state index in [9.17, 15) is 14.4 Å². The number of hydrogen-bond acceptors (Lipinski definition) is 5. The molecule has 0 bridgehead atoms. The van der Waals surface area contributed by atoms with Crippen molar-refractivity contribution in [1.29, 1.82) is 0 Å². The highest BCUT2D eigenvalue weighted by atomic mass is 32.1. The maximum absolute atomic E-state index is 12.9. The van der Waals surface area contributed by atoms with Crippen LogP contribution in [-0.2, 0) is 16.0 Å². The number of nitrogens with one attached hydrogen (secondary N) is 2. The number of piperidine rings is 1. The Morgan fingerprint density at radius 1 is 1.03 bits per heavy atom. The summed E-state index contributed by atoms with van der Waals surface area (Å²) in [6.45, 7) is 1.15. The van der Waals surface area contributed by atoms with Gasteiger partial charge >= 0.3 is 0 Å². The van der Waals surface area contributed by atoms with E-state index in [1.165, 1.54) is 30.6 Å². The zero-order chi connectivity index (χ0) is 22.3. The molecular formula is C24H30N4O3S. The molecule has 1 aromatic heterocycles. The first-order valence-electron chi connectivity index (χ1n) is 11.5. The maximum atomic E-state index is 12.9. The van der Waals surface area contributed by atoms with E-state index in [4.69, 9.17) is 0 Å². The molecule has 1 saturated heterocycles. The molecule has 7 nitrogen and oxygen atoms in total. The van der Waals surface area contributed by atoms with Crippen molar-refractivity contribution in [3.63, 3.8) is 0 Å². The van der Waals surface area contributed by atoms with Crippen molar-refractivity contribution in [3.8, 4) is 0 Å². The van der Waals surface area contributed by atoms with E-state index < -0.39 is 0 Å². The third kappa shape index (κ3) is 5.94. The zero-order valence-electron chi connectivity index (χ0n) is 18.2. The number of thiazole rings is 1. The van der Waals surface area contributed by atoms with Gasteiger partial charge in [-0.3, -0.25) is 19.7 Å². The second kappa shape index (κ2) is 10.7. The lowest BCUT2D eigenvalue weighted by Gasteiger charge is -2.33. The smallest absolute Gasteiger partial charge is 0.257 e. The van der Waals surface area contributed by atoms with E-state index >= 15 is 0 Å². The summed E-state index contributed by atoms with van der Waals surface area (Å²) in [5.74, 6) is -0.285. The van der Waals surface area contributed by atoms with Crippen LogP contribution < -0.4 is 10.6 Å². The van der Waals surface area contributed by atoms with E-state index in [-0.39, 0.29) is 30.1 Å². The fraction of sp³-hybridized carbons (Fsp3) is 0.500. The standard InChI is InChI=1S/C24H30N4O3S/c29-21(14-20-16-32-24(26-20)27-22(30)17-8-3-1-4-9-17)28-13-7-10-18(15-28)23(31)25-19-11-5-2-6-12-19/h1,3-4,8-9,16,18-19H,2,5-7,10-15H2,(H,25,31)(H,26,27,30)/t18-/m1/s1. The first-order chi connectivity index (χ1) is 15.6. The third-order valence-electron chi connectivity index (χ3n) is 6.24. The predicted octanol–water partition coefficient (Wildman–Crippen LogP) is 3.63. The van der Waals surface area contributed by atoms with Gasteiger partial charge in [0, 0.05) is 30.1 Å². The van der Waals surface area contributed by atoms with Crippen molar-refractivity contribution in [2.24, 2.45) is 5.92 Å². The summed E-state index contributed by atoms with van der Waals surface area (Å²) in [5.41, 5.74) is 1.20. The van der Waals surface area contributed by atoms with Crippen LogP contribution in [0.1, 0.15) is 61.0 Å². The van der Waals surface area contributed by atoms with Gasteiger partial charge in [0.15, 0.2) is 5.13 Å². The van der Waals surface area contributed by atoms with Gasteiger partial charge in [0.1, 0.15) is 0 Å². The van der Waals surface area contributed by atoms with E-state index in [0.717, 1.165) is 25.7 Å². The second-order valence-electron chi connectivity index (χ2n) is 8.66. The number of amides is 3. The maximum Gasteiger partial charge on any atom is 0.257 e. The van der Waals surface area contributed by atoms with Gasteiger partial charge < -0.3 is 10.2 Å². The number of benzene rings is 1. The highest BCUT2D eigenvalue weighted by Crippen LogP contribution is 2.22. The first kappa shape index (κ1) is 22.5. The highest BCUT2D eigenvalue weighted by molar-refractivity contribution is 7.14. The van der Waals surface area contributed by atoms with Crippen LogP contribution in [0.15, 0.2) is 35.7 Å². The summed E-state index contributed by atoms with van der Waals surface area (Å²) in [6.07, 6.45) is 7.59. The molecule has 0 radical (unpaired) electrons. The lowest BCUT2D eigenvalue weighted by molar-refractivity contribution is -0.135. The lowest BCUT2D eigenvalue weighted by atomic mass is 9.93. The molecule has 170 valence electrons. The number of likely N-dealkylation sites (tertiary alicyclic amines) is 1. The Hall–Kier alpha value is -2.74. The molecule has 0 spiro atoms. The number of nitrogens with zero attached hydrogens (tertiary/aromatic N) is 2. The summed E-state index contributed by atoms with van der Waals surface area (Å²) >= 11 is 1.31. The third-order valence-corrected chi connectivity index (χ3v) is 7.04. The van der Waals surface area contributed by atoms with Gasteiger partial charge in [0.05, 0.1) is 18.0 Å². The minimum absolute atomic E-state index is 0.0218. The van der Waals surface area contributed by atoms with Crippen LogP contribution in [0.2, 0.25) is 0 Å². The van der Waals surface area contributed by atoms with Gasteiger partial charge in [-0.1, -0.05) is 37.5 Å². The average Bonchev–Trinajstić information content (AvgIpc) is 3.27. The molecule has 0 unspecified atom stereocenters. The molecule has 2 fully saturated rings. The van der Waals surface area contributed by atoms with Gasteiger partial charge in [-0.15, -0.1) is 11.3 Å². The molecule has 1 atom stereocenters. The summed E-state index contributed by atoms with van der Waals surface area (Å²) < 4.78 is 0. The minimum Gasteiger partial charge on any atom is -0.353 e. The van der Waals surface area contributed by atoms with Gasteiger partial charge in [-0.05, 0) is 37.8 Å². The Kier molecular flexibility index (Phi) is 7.52. The molecule has 2 aliphatic rings. The van der Waals surface area contributed by atoms with Gasteiger partial charge in [0.2, 0.25) is 11.8 Å². The molecule has 1 aliphatic heterocycles. The van der Waals surface area contributed by atoms with E-state index in [0.29, 0.717) is 35.5 Å². The van der Waals surface area contributed by atoms with Crippen LogP contribution in [0.25, 0.3) is 0 Å². The van der Waals surface area contributed by atoms with Gasteiger partial charge in [0.25, 0.3) is 5.91 Å². The van der Waals surface area contributed by atoms with Crippen LogP contribution in [0, 0.1) is 5.92 Å². The molecular weight excluding hydrogens is 424 g/mol. The Bertz CT molecular complexity index is 940. The van der Waals surface area contributed by atoms with Crippen LogP contribution in [0.4, 0.5) is 5.13 Å². The Morgan fingerprint density at radius 2 is 1.81 bits per heavy atom. The molecule has 2 heterocycles. The quantitative estimate of drug-likeness (QED) is 0.697. The number of aromatic nitrogens is 1. The predicted molar refractivity (Wildman–Crippen MR) is 125 cm³/mol. The Labute approximate surface area is 192 Å². The fourth-order valence-corrected chi connectivity index (χ4v) is 5.16. The van der Waals surface area contributed by atoms with Crippen LogP contribution >= 0.6 is 11.3 Å². The van der Waals surface area contributed by atoms with E-state index in [2.05, 4.69) is 15.6 Å². The molecule has 3 amide bonds. The molecule has 2 N–H and O–H groups in total. The van der Waals surface area contributed by atoms with E-state index in [1.54, 1.807) is 22.4 Å². The van der Waals surface area contributed by atoms with Gasteiger partial charge in [-0.25, -0.2) is 4.98 Å². The minimum atomic E-state index is -0.222. The second-order valence-corrected chi connectivity index (χ2v) is 9.52. The Balaban J connectivity index is 1.28. The zero-order valence-corrected chi connectivity index (χ0v) is 19.0. The van der Waals surface area contributed by atoms with Crippen molar-refractivity contribution in [1.82, 2.24) is 15.2 Å². The molecule has 1 aromatic carbocycles. The topological polar surface area (TPSA) is 91.4 Å². The summed E-state index contributed by atoms with van der Waals surface area (Å²) in [6, 6.07) is 9.25. The number of rotatable bonds is 6. The van der Waals surface area contributed by atoms with Crippen LogP contribution in [0.3, 0.4) is 0 Å². The van der Waals surface area contributed by atoms with Crippen LogP contribution in [-0.4, -0.2) is 46.7 Å². The number of carbonyl (C=O) groups excluding carboxylic acids is 3. The fourth-order valence-electron chi connectivity index (χ4n) is 4.45. The SMILES string of the molecule is O=C(Nc1nc(CC(=O)N2CCC[C@@H](C(=O)NC3CCCCC3)C2)cs1)c1ccccc1. The summed E-state index contributed by atoms with van der Waals surface area (Å²) in [5, 5.41) is 8.27. The summed E-state index contributed by atoms with van der Waals surface area (Å²) in [4.78, 5) is 44.0. The number of hydrogen-bond donors (Lipinski definition) is 2. The molecule has 4 rings (SSSR count). The van der Waals surface area contributed by atoms with Crippen LogP contribution in [0.5, 0.6) is 0 Å². The van der Waals surface area contributed by atoms with E-state index in [1.807, 2.05) is 18.2 Å². The molecule has 1 aliphatic carbocycles. The van der Waals surface area contributed by atoms with Crippen molar-refractivity contribution in [3.05, 3.63) is 47.0 Å². The monoisotopic (exact) mass is 454 g/mol. The normalized spacial score (nSPS) is 19.4. The molecule has 2 aromatic rings. The number of anilines is 1. The molecule has 8 heteroatoms. The molecule has 32 heavy (non-hydrogen) atoms. The lowest BCUT2D eigenvalue weighted by Crippen LogP contribution is -2.48. The van der Waals surface area contributed by atoms with Gasteiger partial charge in [-0.2, -0.15) is 0 Å². The average molecular weight is 455 g/mol. The number of carbonyl (C=O) groups is 3. The summed E-state index contributed by atoms with van der Waals surface area (Å²) in [7, 11) is 0.